The SMILES string of the molecule is c1ccc(-n2c(-c3ccc(Oc4c5ccccc5c(-c5ccc6ccccc6c5)c5cnccc45)cc3)nc3ccccc32)cc1. The van der Waals surface area contributed by atoms with Gasteiger partial charge in [0, 0.05) is 39.8 Å². The maximum absolute atomic E-state index is 6.78. The van der Waals surface area contributed by atoms with Crippen LogP contribution < -0.4 is 4.74 Å². The Hall–Kier alpha value is -6.26. The second-order valence-corrected chi connectivity index (χ2v) is 11.5. The Morgan fingerprint density at radius 3 is 2.09 bits per heavy atom. The first-order valence-corrected chi connectivity index (χ1v) is 15.4. The number of rotatable bonds is 5. The molecule has 0 N–H and O–H groups in total. The summed E-state index contributed by atoms with van der Waals surface area (Å²) in [5, 5.41) is 6.69. The molecule has 0 amide bonds. The van der Waals surface area contributed by atoms with Gasteiger partial charge in [-0.25, -0.2) is 4.98 Å². The highest BCUT2D eigenvalue weighted by Gasteiger charge is 2.18. The van der Waals surface area contributed by atoms with Crippen molar-refractivity contribution in [1.82, 2.24) is 14.5 Å². The van der Waals surface area contributed by atoms with E-state index >= 15 is 0 Å². The Labute approximate surface area is 265 Å². The van der Waals surface area contributed by atoms with Crippen molar-refractivity contribution in [2.75, 3.05) is 0 Å². The maximum atomic E-state index is 6.78. The van der Waals surface area contributed by atoms with E-state index in [0.717, 1.165) is 72.3 Å². The molecule has 216 valence electrons. The van der Waals surface area contributed by atoms with E-state index in [2.05, 4.69) is 137 Å². The molecule has 0 saturated carbocycles. The van der Waals surface area contributed by atoms with Crippen molar-refractivity contribution in [1.29, 1.82) is 0 Å². The summed E-state index contributed by atoms with van der Waals surface area (Å²) in [6.07, 6.45) is 3.79. The van der Waals surface area contributed by atoms with Crippen LogP contribution >= 0.6 is 0 Å². The number of ether oxygens (including phenoxy) is 1. The molecule has 4 heteroatoms. The number of hydrogen-bond donors (Lipinski definition) is 0. The van der Waals surface area contributed by atoms with Crippen molar-refractivity contribution in [3.63, 3.8) is 0 Å². The van der Waals surface area contributed by atoms with E-state index in [0.29, 0.717) is 0 Å². The standard InChI is InChI=1S/C42H27N3O/c1-2-12-32(13-3-1)45-39-17-9-8-16-38(39)44-42(45)29-20-22-33(23-21-29)46-41-35-15-7-6-14-34(35)40(37-27-43-25-24-36(37)41)31-19-18-28-10-4-5-11-30(28)26-31/h1-27H. The van der Waals surface area contributed by atoms with E-state index in [-0.39, 0.29) is 0 Å². The average Bonchev–Trinajstić information content (AvgIpc) is 3.52. The molecule has 0 fully saturated rings. The van der Waals surface area contributed by atoms with E-state index in [9.17, 15) is 0 Å². The summed E-state index contributed by atoms with van der Waals surface area (Å²) >= 11 is 0. The van der Waals surface area contributed by atoms with Gasteiger partial charge in [0.2, 0.25) is 0 Å². The van der Waals surface area contributed by atoms with Gasteiger partial charge in [0.05, 0.1) is 11.0 Å². The lowest BCUT2D eigenvalue weighted by molar-refractivity contribution is 0.494. The third-order valence-electron chi connectivity index (χ3n) is 8.72. The molecule has 2 heterocycles. The minimum atomic E-state index is 0.757. The zero-order chi connectivity index (χ0) is 30.5. The number of benzene rings is 7. The quantitative estimate of drug-likeness (QED) is 0.188. The first kappa shape index (κ1) is 26.2. The van der Waals surface area contributed by atoms with Gasteiger partial charge in [0.25, 0.3) is 0 Å². The number of aromatic nitrogens is 3. The lowest BCUT2D eigenvalue weighted by atomic mass is 9.91. The number of para-hydroxylation sites is 3. The van der Waals surface area contributed by atoms with Gasteiger partial charge in [-0.2, -0.15) is 0 Å². The molecule has 0 radical (unpaired) electrons. The highest BCUT2D eigenvalue weighted by atomic mass is 16.5. The molecule has 46 heavy (non-hydrogen) atoms. The minimum Gasteiger partial charge on any atom is -0.456 e. The number of nitrogens with zero attached hydrogens (tertiary/aromatic N) is 3. The fraction of sp³-hybridized carbons (Fsp3) is 0. The van der Waals surface area contributed by atoms with Crippen LogP contribution in [0.25, 0.3) is 71.6 Å². The summed E-state index contributed by atoms with van der Waals surface area (Å²) in [6, 6.07) is 52.6. The van der Waals surface area contributed by atoms with Gasteiger partial charge < -0.3 is 4.74 Å². The van der Waals surface area contributed by atoms with Crippen molar-refractivity contribution in [3.05, 3.63) is 164 Å². The fourth-order valence-corrected chi connectivity index (χ4v) is 6.59. The molecule has 0 saturated heterocycles. The van der Waals surface area contributed by atoms with Gasteiger partial charge in [0.1, 0.15) is 17.3 Å². The van der Waals surface area contributed by atoms with Crippen LogP contribution in [-0.2, 0) is 0 Å². The third kappa shape index (κ3) is 4.31. The summed E-state index contributed by atoms with van der Waals surface area (Å²) in [6.45, 7) is 0. The normalized spacial score (nSPS) is 11.5. The van der Waals surface area contributed by atoms with Crippen LogP contribution in [0.2, 0.25) is 0 Å². The number of imidazole rings is 1. The Bertz CT molecular complexity index is 2490. The smallest absolute Gasteiger partial charge is 0.145 e. The van der Waals surface area contributed by atoms with E-state index < -0.39 is 0 Å². The Balaban J connectivity index is 1.16. The highest BCUT2D eigenvalue weighted by molar-refractivity contribution is 6.17. The van der Waals surface area contributed by atoms with Crippen molar-refractivity contribution in [3.8, 4) is 39.7 Å². The largest absolute Gasteiger partial charge is 0.456 e. The molecule has 2 aromatic heterocycles. The number of fused-ring (bicyclic) bond motifs is 4. The van der Waals surface area contributed by atoms with E-state index in [4.69, 9.17) is 9.72 Å². The van der Waals surface area contributed by atoms with Crippen LogP contribution in [-0.4, -0.2) is 14.5 Å². The van der Waals surface area contributed by atoms with Gasteiger partial charge in [-0.05, 0) is 87.9 Å². The summed E-state index contributed by atoms with van der Waals surface area (Å²) in [4.78, 5) is 9.58. The number of pyridine rings is 1. The van der Waals surface area contributed by atoms with Crippen LogP contribution in [0.1, 0.15) is 0 Å². The van der Waals surface area contributed by atoms with E-state index in [1.165, 1.54) is 10.8 Å². The van der Waals surface area contributed by atoms with Crippen LogP contribution in [0.3, 0.4) is 0 Å². The molecule has 0 aliphatic rings. The zero-order valence-electron chi connectivity index (χ0n) is 24.8. The van der Waals surface area contributed by atoms with Crippen molar-refractivity contribution < 1.29 is 4.74 Å². The second kappa shape index (κ2) is 10.7. The molecule has 9 aromatic rings. The first-order chi connectivity index (χ1) is 22.8. The van der Waals surface area contributed by atoms with Gasteiger partial charge in [0.15, 0.2) is 0 Å². The van der Waals surface area contributed by atoms with Gasteiger partial charge in [-0.3, -0.25) is 9.55 Å². The van der Waals surface area contributed by atoms with Crippen molar-refractivity contribution in [2.24, 2.45) is 0 Å². The topological polar surface area (TPSA) is 39.9 Å². The van der Waals surface area contributed by atoms with E-state index in [1.54, 1.807) is 0 Å². The molecule has 4 nitrogen and oxygen atoms in total. The molecule has 0 spiro atoms. The lowest BCUT2D eigenvalue weighted by Crippen LogP contribution is -1.97. The fourth-order valence-electron chi connectivity index (χ4n) is 6.59. The van der Waals surface area contributed by atoms with Gasteiger partial charge >= 0.3 is 0 Å². The predicted octanol–water partition coefficient (Wildman–Crippen LogP) is 11.0. The number of hydrogen-bond acceptors (Lipinski definition) is 3. The molecule has 0 aliphatic heterocycles. The molecule has 9 rings (SSSR count). The van der Waals surface area contributed by atoms with Crippen LogP contribution in [0.4, 0.5) is 0 Å². The third-order valence-corrected chi connectivity index (χ3v) is 8.72. The van der Waals surface area contributed by atoms with Crippen LogP contribution in [0.15, 0.2) is 164 Å². The Morgan fingerprint density at radius 1 is 0.522 bits per heavy atom. The lowest BCUT2D eigenvalue weighted by Gasteiger charge is -2.18. The maximum Gasteiger partial charge on any atom is 0.145 e. The molecule has 7 aromatic carbocycles. The molecule has 0 aliphatic carbocycles. The van der Waals surface area contributed by atoms with Gasteiger partial charge in [-0.1, -0.05) is 91.0 Å². The Morgan fingerprint density at radius 2 is 1.22 bits per heavy atom. The van der Waals surface area contributed by atoms with Crippen molar-refractivity contribution >= 4 is 43.4 Å². The van der Waals surface area contributed by atoms with Gasteiger partial charge in [-0.15, -0.1) is 0 Å². The summed E-state index contributed by atoms with van der Waals surface area (Å²) in [7, 11) is 0. The highest BCUT2D eigenvalue weighted by Crippen LogP contribution is 2.45. The predicted molar refractivity (Wildman–Crippen MR) is 189 cm³/mol. The minimum absolute atomic E-state index is 0.757. The molecular weight excluding hydrogens is 562 g/mol. The zero-order valence-corrected chi connectivity index (χ0v) is 24.8. The average molecular weight is 590 g/mol. The molecule has 0 unspecified atom stereocenters. The Kier molecular flexibility index (Phi) is 6.10. The summed E-state index contributed by atoms with van der Waals surface area (Å²) in [5.74, 6) is 2.47. The monoisotopic (exact) mass is 589 g/mol. The second-order valence-electron chi connectivity index (χ2n) is 11.5. The van der Waals surface area contributed by atoms with Crippen LogP contribution in [0.5, 0.6) is 11.5 Å². The van der Waals surface area contributed by atoms with E-state index in [1.807, 2.05) is 36.7 Å². The van der Waals surface area contributed by atoms with Crippen molar-refractivity contribution in [2.45, 2.75) is 0 Å². The summed E-state index contributed by atoms with van der Waals surface area (Å²) in [5.41, 5.74) is 6.43. The van der Waals surface area contributed by atoms with Crippen LogP contribution in [0, 0.1) is 0 Å². The molecule has 0 bridgehead atoms. The molecule has 0 atom stereocenters. The summed E-state index contributed by atoms with van der Waals surface area (Å²) < 4.78 is 8.99. The molecular formula is C42H27N3O. The first-order valence-electron chi connectivity index (χ1n) is 15.4.